The summed E-state index contributed by atoms with van der Waals surface area (Å²) in [6.07, 6.45) is 2.40. The molecule has 0 bridgehead atoms. The van der Waals surface area contributed by atoms with Gasteiger partial charge in [-0.2, -0.15) is 0 Å². The molecule has 2 amide bonds. The molecule has 4 nitrogen and oxygen atoms in total. The minimum absolute atomic E-state index is 0.0757. The smallest absolute Gasteiger partial charge is 0.251 e. The highest BCUT2D eigenvalue weighted by molar-refractivity contribution is 5.94. The standard InChI is InChI=1S/C18H26N2O2/c1-14-11-15(2)13-20(12-14)17(21)9-6-10-19-18(22)16-7-4-3-5-8-16/h3-5,7-8,14-15H,6,9-13H2,1-2H3,(H,19,22). The zero-order chi connectivity index (χ0) is 15.9. The van der Waals surface area contributed by atoms with Crippen LogP contribution in [-0.2, 0) is 4.79 Å². The summed E-state index contributed by atoms with van der Waals surface area (Å²) in [6.45, 7) is 6.70. The SMILES string of the molecule is CC1CC(C)CN(C(=O)CCCNC(=O)c2ccccc2)C1. The summed E-state index contributed by atoms with van der Waals surface area (Å²) in [5, 5.41) is 2.87. The van der Waals surface area contributed by atoms with Crippen molar-refractivity contribution in [3.8, 4) is 0 Å². The van der Waals surface area contributed by atoms with Gasteiger partial charge in [-0.3, -0.25) is 9.59 Å². The molecule has 0 aromatic heterocycles. The number of likely N-dealkylation sites (tertiary alicyclic amines) is 1. The predicted octanol–water partition coefficient (Wildman–Crippen LogP) is 2.70. The number of benzene rings is 1. The molecule has 0 aliphatic carbocycles. The van der Waals surface area contributed by atoms with Crippen molar-refractivity contribution in [1.29, 1.82) is 0 Å². The van der Waals surface area contributed by atoms with Crippen LogP contribution in [0.25, 0.3) is 0 Å². The lowest BCUT2D eigenvalue weighted by atomic mass is 9.91. The van der Waals surface area contributed by atoms with Crippen LogP contribution in [0.2, 0.25) is 0 Å². The van der Waals surface area contributed by atoms with Gasteiger partial charge in [0.25, 0.3) is 5.91 Å². The fraction of sp³-hybridized carbons (Fsp3) is 0.556. The molecule has 1 aliphatic rings. The molecule has 1 N–H and O–H groups in total. The third kappa shape index (κ3) is 4.86. The van der Waals surface area contributed by atoms with Crippen LogP contribution < -0.4 is 5.32 Å². The second kappa shape index (κ2) is 7.97. The molecule has 0 spiro atoms. The van der Waals surface area contributed by atoms with Crippen molar-refractivity contribution < 1.29 is 9.59 Å². The molecule has 1 saturated heterocycles. The largest absolute Gasteiger partial charge is 0.352 e. The van der Waals surface area contributed by atoms with Crippen molar-refractivity contribution in [3.63, 3.8) is 0 Å². The van der Waals surface area contributed by atoms with Crippen molar-refractivity contribution in [2.24, 2.45) is 11.8 Å². The van der Waals surface area contributed by atoms with Crippen LogP contribution in [0.15, 0.2) is 30.3 Å². The molecule has 1 aromatic carbocycles. The molecular weight excluding hydrogens is 276 g/mol. The van der Waals surface area contributed by atoms with Crippen molar-refractivity contribution in [1.82, 2.24) is 10.2 Å². The summed E-state index contributed by atoms with van der Waals surface area (Å²) in [5.41, 5.74) is 0.660. The summed E-state index contributed by atoms with van der Waals surface area (Å²) < 4.78 is 0. The van der Waals surface area contributed by atoms with Crippen LogP contribution >= 0.6 is 0 Å². The topological polar surface area (TPSA) is 49.4 Å². The summed E-state index contributed by atoms with van der Waals surface area (Å²) in [5.74, 6) is 1.32. The van der Waals surface area contributed by atoms with Gasteiger partial charge >= 0.3 is 0 Å². The van der Waals surface area contributed by atoms with E-state index in [1.807, 2.05) is 23.1 Å². The second-order valence-electron chi connectivity index (χ2n) is 6.47. The zero-order valence-electron chi connectivity index (χ0n) is 13.5. The Bertz CT molecular complexity index is 491. The highest BCUT2D eigenvalue weighted by atomic mass is 16.2. The first-order valence-corrected chi connectivity index (χ1v) is 8.17. The van der Waals surface area contributed by atoms with Crippen LogP contribution in [0, 0.1) is 11.8 Å². The molecule has 1 fully saturated rings. The molecule has 0 saturated carbocycles. The number of rotatable bonds is 5. The van der Waals surface area contributed by atoms with Gasteiger partial charge in [0, 0.05) is 31.6 Å². The summed E-state index contributed by atoms with van der Waals surface area (Å²) >= 11 is 0. The van der Waals surface area contributed by atoms with E-state index in [-0.39, 0.29) is 11.8 Å². The first kappa shape index (κ1) is 16.5. The van der Waals surface area contributed by atoms with E-state index < -0.39 is 0 Å². The molecule has 1 aromatic rings. The van der Waals surface area contributed by atoms with Crippen LogP contribution in [0.3, 0.4) is 0 Å². The Morgan fingerprint density at radius 3 is 2.41 bits per heavy atom. The maximum absolute atomic E-state index is 12.2. The van der Waals surface area contributed by atoms with Crippen molar-refractivity contribution in [2.75, 3.05) is 19.6 Å². The molecule has 4 heteroatoms. The normalized spacial score (nSPS) is 21.5. The van der Waals surface area contributed by atoms with E-state index >= 15 is 0 Å². The summed E-state index contributed by atoms with van der Waals surface area (Å²) in [6, 6.07) is 9.15. The van der Waals surface area contributed by atoms with E-state index in [9.17, 15) is 9.59 Å². The van der Waals surface area contributed by atoms with E-state index in [4.69, 9.17) is 0 Å². The Morgan fingerprint density at radius 2 is 1.77 bits per heavy atom. The van der Waals surface area contributed by atoms with E-state index in [1.165, 1.54) is 6.42 Å². The number of hydrogen-bond donors (Lipinski definition) is 1. The fourth-order valence-corrected chi connectivity index (χ4v) is 3.16. The molecule has 120 valence electrons. The molecule has 2 atom stereocenters. The van der Waals surface area contributed by atoms with E-state index in [2.05, 4.69) is 19.2 Å². The van der Waals surface area contributed by atoms with Gasteiger partial charge < -0.3 is 10.2 Å². The number of hydrogen-bond acceptors (Lipinski definition) is 2. The minimum Gasteiger partial charge on any atom is -0.352 e. The predicted molar refractivity (Wildman–Crippen MR) is 87.5 cm³/mol. The maximum Gasteiger partial charge on any atom is 0.251 e. The number of carbonyl (C=O) groups excluding carboxylic acids is 2. The van der Waals surface area contributed by atoms with Gasteiger partial charge in [0.05, 0.1) is 0 Å². The van der Waals surface area contributed by atoms with Gasteiger partial charge in [0.2, 0.25) is 5.91 Å². The van der Waals surface area contributed by atoms with Crippen molar-refractivity contribution in [3.05, 3.63) is 35.9 Å². The summed E-state index contributed by atoms with van der Waals surface area (Å²) in [7, 11) is 0. The van der Waals surface area contributed by atoms with Crippen LogP contribution in [0.5, 0.6) is 0 Å². The van der Waals surface area contributed by atoms with Crippen molar-refractivity contribution in [2.45, 2.75) is 33.1 Å². The second-order valence-corrected chi connectivity index (χ2v) is 6.47. The Labute approximate surface area is 132 Å². The number of nitrogens with zero attached hydrogens (tertiary/aromatic N) is 1. The fourth-order valence-electron chi connectivity index (χ4n) is 3.16. The minimum atomic E-state index is -0.0757. The number of carbonyl (C=O) groups is 2. The van der Waals surface area contributed by atoms with Gasteiger partial charge in [-0.1, -0.05) is 32.0 Å². The molecule has 2 unspecified atom stereocenters. The molecule has 0 radical (unpaired) electrons. The summed E-state index contributed by atoms with van der Waals surface area (Å²) in [4.78, 5) is 26.1. The lowest BCUT2D eigenvalue weighted by Crippen LogP contribution is -2.42. The number of nitrogens with one attached hydrogen (secondary N) is 1. The molecule has 1 aliphatic heterocycles. The van der Waals surface area contributed by atoms with E-state index in [0.717, 1.165) is 13.1 Å². The lowest BCUT2D eigenvalue weighted by molar-refractivity contribution is -0.133. The van der Waals surface area contributed by atoms with Gasteiger partial charge in [0.15, 0.2) is 0 Å². The molecule has 1 heterocycles. The third-order valence-corrected chi connectivity index (χ3v) is 4.11. The Kier molecular flexibility index (Phi) is 5.99. The van der Waals surface area contributed by atoms with Gasteiger partial charge in [-0.25, -0.2) is 0 Å². The highest BCUT2D eigenvalue weighted by Gasteiger charge is 2.24. The van der Waals surface area contributed by atoms with Gasteiger partial charge in [-0.15, -0.1) is 0 Å². The van der Waals surface area contributed by atoms with Crippen molar-refractivity contribution >= 4 is 11.8 Å². The quantitative estimate of drug-likeness (QED) is 0.850. The highest BCUT2D eigenvalue weighted by Crippen LogP contribution is 2.21. The van der Waals surface area contributed by atoms with Crippen LogP contribution in [0.1, 0.15) is 43.5 Å². The Hall–Kier alpha value is -1.84. The van der Waals surface area contributed by atoms with Crippen LogP contribution in [0.4, 0.5) is 0 Å². The Balaban J connectivity index is 1.68. The third-order valence-electron chi connectivity index (χ3n) is 4.11. The van der Waals surface area contributed by atoms with Crippen LogP contribution in [-0.4, -0.2) is 36.3 Å². The monoisotopic (exact) mass is 302 g/mol. The van der Waals surface area contributed by atoms with E-state index in [0.29, 0.717) is 36.8 Å². The molecule has 2 rings (SSSR count). The zero-order valence-corrected chi connectivity index (χ0v) is 13.5. The molecular formula is C18H26N2O2. The van der Waals surface area contributed by atoms with Gasteiger partial charge in [-0.05, 0) is 36.8 Å². The number of piperidine rings is 1. The first-order valence-electron chi connectivity index (χ1n) is 8.17. The van der Waals surface area contributed by atoms with E-state index in [1.54, 1.807) is 12.1 Å². The average Bonchev–Trinajstić information content (AvgIpc) is 2.51. The molecule has 22 heavy (non-hydrogen) atoms. The maximum atomic E-state index is 12.2. The Morgan fingerprint density at radius 1 is 1.14 bits per heavy atom. The van der Waals surface area contributed by atoms with Gasteiger partial charge in [0.1, 0.15) is 0 Å². The number of amides is 2. The average molecular weight is 302 g/mol. The first-order chi connectivity index (χ1) is 10.6. The lowest BCUT2D eigenvalue weighted by Gasteiger charge is -2.35.